The van der Waals surface area contributed by atoms with Gasteiger partial charge in [0.15, 0.2) is 0 Å². The highest BCUT2D eigenvalue weighted by molar-refractivity contribution is 5.79. The maximum absolute atomic E-state index is 11.5. The van der Waals surface area contributed by atoms with E-state index in [1.807, 2.05) is 24.3 Å². The lowest BCUT2D eigenvalue weighted by Crippen LogP contribution is -2.25. The fourth-order valence-corrected chi connectivity index (χ4v) is 2.10. The Balaban J connectivity index is 1.97. The third-order valence-corrected chi connectivity index (χ3v) is 3.02. The molecule has 0 aliphatic carbocycles. The summed E-state index contributed by atoms with van der Waals surface area (Å²) in [6, 6.07) is 8.12. The highest BCUT2D eigenvalue weighted by Crippen LogP contribution is 2.15. The van der Waals surface area contributed by atoms with E-state index in [1.54, 1.807) is 4.90 Å². The molecule has 1 aromatic rings. The molecule has 4 heteroatoms. The molecule has 0 saturated carbocycles. The lowest BCUT2D eigenvalue weighted by atomic mass is 10.1. The summed E-state index contributed by atoms with van der Waals surface area (Å²) < 4.78 is 0. The predicted octanol–water partition coefficient (Wildman–Crippen LogP) is 0.281. The number of β-amino-alcohol motifs (C(OH)–C–C–N with tert-alkyl or cyclic N) is 1. The van der Waals surface area contributed by atoms with Crippen molar-refractivity contribution in [3.63, 3.8) is 0 Å². The monoisotopic (exact) mass is 234 g/mol. The maximum Gasteiger partial charge on any atom is 0.225 e. The molecule has 92 valence electrons. The first-order valence-electron chi connectivity index (χ1n) is 5.93. The van der Waals surface area contributed by atoms with Gasteiger partial charge >= 0.3 is 0 Å². The fourth-order valence-electron chi connectivity index (χ4n) is 2.10. The van der Waals surface area contributed by atoms with Gasteiger partial charge in [-0.2, -0.15) is 0 Å². The van der Waals surface area contributed by atoms with Crippen LogP contribution in [0, 0.1) is 0 Å². The normalized spacial score (nSPS) is 20.0. The molecular weight excluding hydrogens is 216 g/mol. The molecule has 17 heavy (non-hydrogen) atoms. The van der Waals surface area contributed by atoms with Crippen LogP contribution < -0.4 is 5.73 Å². The van der Waals surface area contributed by atoms with Gasteiger partial charge in [0.05, 0.1) is 12.5 Å². The van der Waals surface area contributed by atoms with Crippen LogP contribution in [0.15, 0.2) is 24.3 Å². The standard InChI is InChI=1S/C13H18N2O2/c14-6-5-10-1-3-11(4-2-10)8-15-9-12(16)7-13(15)17/h1-4,12,16H,5-9,14H2/t12-/m1/s1. The van der Waals surface area contributed by atoms with Gasteiger partial charge in [-0.3, -0.25) is 4.79 Å². The highest BCUT2D eigenvalue weighted by Gasteiger charge is 2.27. The van der Waals surface area contributed by atoms with Crippen molar-refractivity contribution in [2.75, 3.05) is 13.1 Å². The van der Waals surface area contributed by atoms with Crippen molar-refractivity contribution in [2.45, 2.75) is 25.5 Å². The Kier molecular flexibility index (Phi) is 3.76. The predicted molar refractivity (Wildman–Crippen MR) is 65.2 cm³/mol. The molecule has 3 N–H and O–H groups in total. The van der Waals surface area contributed by atoms with E-state index in [9.17, 15) is 9.90 Å². The zero-order valence-corrected chi connectivity index (χ0v) is 9.80. The Bertz CT molecular complexity index is 389. The second-order valence-electron chi connectivity index (χ2n) is 4.49. The second-order valence-corrected chi connectivity index (χ2v) is 4.49. The van der Waals surface area contributed by atoms with E-state index in [1.165, 1.54) is 5.56 Å². The van der Waals surface area contributed by atoms with Crippen molar-refractivity contribution in [2.24, 2.45) is 5.73 Å². The first kappa shape index (κ1) is 12.1. The zero-order chi connectivity index (χ0) is 12.3. The molecule has 1 fully saturated rings. The van der Waals surface area contributed by atoms with Crippen LogP contribution in [0.5, 0.6) is 0 Å². The topological polar surface area (TPSA) is 66.6 Å². The number of aliphatic hydroxyl groups excluding tert-OH is 1. The van der Waals surface area contributed by atoms with Crippen molar-refractivity contribution in [3.05, 3.63) is 35.4 Å². The number of hydrogen-bond acceptors (Lipinski definition) is 3. The highest BCUT2D eigenvalue weighted by atomic mass is 16.3. The van der Waals surface area contributed by atoms with Gasteiger partial charge < -0.3 is 15.7 Å². The summed E-state index contributed by atoms with van der Waals surface area (Å²) >= 11 is 0. The Morgan fingerprint density at radius 1 is 1.29 bits per heavy atom. The van der Waals surface area contributed by atoms with Crippen LogP contribution in [0.4, 0.5) is 0 Å². The molecule has 1 aromatic carbocycles. The van der Waals surface area contributed by atoms with Crippen molar-refractivity contribution < 1.29 is 9.90 Å². The molecule has 1 aliphatic rings. The number of amides is 1. The maximum atomic E-state index is 11.5. The number of aliphatic hydroxyl groups is 1. The Morgan fingerprint density at radius 2 is 1.94 bits per heavy atom. The summed E-state index contributed by atoms with van der Waals surface area (Å²) in [5, 5.41) is 9.39. The van der Waals surface area contributed by atoms with Crippen LogP contribution in [0.1, 0.15) is 17.5 Å². The third-order valence-electron chi connectivity index (χ3n) is 3.02. The first-order valence-corrected chi connectivity index (χ1v) is 5.93. The van der Waals surface area contributed by atoms with E-state index in [4.69, 9.17) is 5.73 Å². The van der Waals surface area contributed by atoms with Gasteiger partial charge in [-0.1, -0.05) is 24.3 Å². The zero-order valence-electron chi connectivity index (χ0n) is 9.80. The number of likely N-dealkylation sites (tertiary alicyclic amines) is 1. The van der Waals surface area contributed by atoms with Crippen LogP contribution in [-0.2, 0) is 17.8 Å². The number of benzene rings is 1. The fraction of sp³-hybridized carbons (Fsp3) is 0.462. The Labute approximate surface area is 101 Å². The lowest BCUT2D eigenvalue weighted by Gasteiger charge is -2.15. The van der Waals surface area contributed by atoms with Crippen LogP contribution in [-0.4, -0.2) is 35.1 Å². The number of nitrogens with zero attached hydrogens (tertiary/aromatic N) is 1. The van der Waals surface area contributed by atoms with E-state index in [0.717, 1.165) is 12.0 Å². The molecule has 1 amide bonds. The van der Waals surface area contributed by atoms with E-state index < -0.39 is 6.10 Å². The molecule has 4 nitrogen and oxygen atoms in total. The summed E-state index contributed by atoms with van der Waals surface area (Å²) in [5.74, 6) is 0.0311. The average Bonchev–Trinajstić information content (AvgIpc) is 2.61. The van der Waals surface area contributed by atoms with Crippen LogP contribution in [0.3, 0.4) is 0 Å². The minimum Gasteiger partial charge on any atom is -0.391 e. The summed E-state index contributed by atoms with van der Waals surface area (Å²) in [6.07, 6.45) is 0.631. The summed E-state index contributed by atoms with van der Waals surface area (Å²) in [4.78, 5) is 13.2. The smallest absolute Gasteiger partial charge is 0.225 e. The minimum atomic E-state index is -0.501. The summed E-state index contributed by atoms with van der Waals surface area (Å²) in [6.45, 7) is 1.68. The molecule has 0 unspecified atom stereocenters. The van der Waals surface area contributed by atoms with Crippen molar-refractivity contribution in [1.29, 1.82) is 0 Å². The van der Waals surface area contributed by atoms with Crippen LogP contribution in [0.2, 0.25) is 0 Å². The summed E-state index contributed by atoms with van der Waals surface area (Å²) in [7, 11) is 0. The van der Waals surface area contributed by atoms with Crippen molar-refractivity contribution >= 4 is 5.91 Å². The molecule has 0 aromatic heterocycles. The van der Waals surface area contributed by atoms with E-state index in [-0.39, 0.29) is 12.3 Å². The molecular formula is C13H18N2O2. The van der Waals surface area contributed by atoms with Gasteiger partial charge in [0.25, 0.3) is 0 Å². The second kappa shape index (κ2) is 5.29. The Morgan fingerprint density at radius 3 is 2.47 bits per heavy atom. The van der Waals surface area contributed by atoms with E-state index >= 15 is 0 Å². The van der Waals surface area contributed by atoms with Crippen LogP contribution in [0.25, 0.3) is 0 Å². The molecule has 0 spiro atoms. The first-order chi connectivity index (χ1) is 8.19. The molecule has 1 saturated heterocycles. The van der Waals surface area contributed by atoms with Gasteiger partial charge in [0, 0.05) is 13.1 Å². The van der Waals surface area contributed by atoms with Gasteiger partial charge in [0.1, 0.15) is 0 Å². The molecule has 2 rings (SSSR count). The number of carbonyl (C=O) groups excluding carboxylic acids is 1. The lowest BCUT2D eigenvalue weighted by molar-refractivity contribution is -0.128. The third kappa shape index (κ3) is 3.05. The minimum absolute atomic E-state index is 0.0311. The molecule has 1 aliphatic heterocycles. The van der Waals surface area contributed by atoms with E-state index in [0.29, 0.717) is 19.6 Å². The van der Waals surface area contributed by atoms with Gasteiger partial charge in [-0.05, 0) is 24.1 Å². The van der Waals surface area contributed by atoms with Crippen LogP contribution >= 0.6 is 0 Å². The molecule has 1 heterocycles. The molecule has 0 radical (unpaired) electrons. The number of nitrogens with two attached hydrogens (primary N) is 1. The van der Waals surface area contributed by atoms with E-state index in [2.05, 4.69) is 0 Å². The number of carbonyl (C=O) groups is 1. The summed E-state index contributed by atoms with van der Waals surface area (Å²) in [5.41, 5.74) is 7.79. The molecule has 0 bridgehead atoms. The van der Waals surface area contributed by atoms with Gasteiger partial charge in [-0.25, -0.2) is 0 Å². The SMILES string of the molecule is NCCc1ccc(CN2C[C@H](O)CC2=O)cc1. The quantitative estimate of drug-likeness (QED) is 0.786. The van der Waals surface area contributed by atoms with Gasteiger partial charge in [0.2, 0.25) is 5.91 Å². The van der Waals surface area contributed by atoms with Crippen molar-refractivity contribution in [3.8, 4) is 0 Å². The number of rotatable bonds is 4. The largest absolute Gasteiger partial charge is 0.391 e. The number of hydrogen-bond donors (Lipinski definition) is 2. The Hall–Kier alpha value is -1.39. The van der Waals surface area contributed by atoms with Gasteiger partial charge in [-0.15, -0.1) is 0 Å². The molecule has 1 atom stereocenters. The average molecular weight is 234 g/mol. The van der Waals surface area contributed by atoms with Crippen molar-refractivity contribution in [1.82, 2.24) is 4.90 Å².